The van der Waals surface area contributed by atoms with E-state index in [4.69, 9.17) is 0 Å². The smallest absolute Gasteiger partial charge is 0.272 e. The maximum atomic E-state index is 12.6. The van der Waals surface area contributed by atoms with Gasteiger partial charge in [0.2, 0.25) is 0 Å². The number of piperidine rings is 1. The molecule has 0 unspecified atom stereocenters. The van der Waals surface area contributed by atoms with Gasteiger partial charge >= 0.3 is 0 Å². The summed E-state index contributed by atoms with van der Waals surface area (Å²) in [5, 5.41) is 3.35. The summed E-state index contributed by atoms with van der Waals surface area (Å²) in [4.78, 5) is 19.0. The van der Waals surface area contributed by atoms with Crippen molar-refractivity contribution < 1.29 is 4.79 Å². The number of aryl methyl sites for hydroxylation is 1. The lowest BCUT2D eigenvalue weighted by Crippen LogP contribution is -2.46. The van der Waals surface area contributed by atoms with Gasteiger partial charge in [-0.05, 0) is 51.4 Å². The van der Waals surface area contributed by atoms with E-state index in [1.165, 1.54) is 0 Å². The van der Waals surface area contributed by atoms with Gasteiger partial charge in [-0.25, -0.2) is 4.98 Å². The Morgan fingerprint density at radius 1 is 1.42 bits per heavy atom. The van der Waals surface area contributed by atoms with Crippen LogP contribution in [-0.4, -0.2) is 41.5 Å². The minimum atomic E-state index is 0.0810. The highest BCUT2D eigenvalue weighted by Gasteiger charge is 2.26. The highest BCUT2D eigenvalue weighted by Crippen LogP contribution is 2.15. The normalized spacial score (nSPS) is 16.3. The summed E-state index contributed by atoms with van der Waals surface area (Å²) in [6, 6.07) is 6.00. The number of hydrogen-bond donors (Lipinski definition) is 1. The maximum absolute atomic E-state index is 12.6. The third-order valence-electron chi connectivity index (χ3n) is 3.58. The van der Waals surface area contributed by atoms with E-state index in [1.54, 1.807) is 0 Å². The summed E-state index contributed by atoms with van der Waals surface area (Å²) in [7, 11) is 0. The molecule has 1 aliphatic rings. The second kappa shape index (κ2) is 6.66. The molecule has 0 aliphatic carbocycles. The summed E-state index contributed by atoms with van der Waals surface area (Å²) in [5.41, 5.74) is 1.47. The Morgan fingerprint density at radius 2 is 2.16 bits per heavy atom. The van der Waals surface area contributed by atoms with Gasteiger partial charge < -0.3 is 10.2 Å². The zero-order valence-electron chi connectivity index (χ0n) is 11.9. The van der Waals surface area contributed by atoms with Crippen LogP contribution in [0.15, 0.2) is 18.2 Å². The Kier molecular flexibility index (Phi) is 4.91. The van der Waals surface area contributed by atoms with Crippen LogP contribution in [0.2, 0.25) is 0 Å². The first-order valence-corrected chi connectivity index (χ1v) is 7.17. The van der Waals surface area contributed by atoms with Crippen molar-refractivity contribution in [2.75, 3.05) is 19.6 Å². The van der Waals surface area contributed by atoms with Crippen LogP contribution < -0.4 is 5.32 Å². The molecule has 1 aliphatic heterocycles. The van der Waals surface area contributed by atoms with Gasteiger partial charge in [0.15, 0.2) is 0 Å². The first-order valence-electron chi connectivity index (χ1n) is 7.17. The molecule has 0 spiro atoms. The monoisotopic (exact) mass is 261 g/mol. The molecule has 0 atom stereocenters. The number of pyridine rings is 1. The number of hydrogen-bond acceptors (Lipinski definition) is 3. The van der Waals surface area contributed by atoms with E-state index in [0.29, 0.717) is 11.7 Å². The minimum Gasteiger partial charge on any atom is -0.334 e. The van der Waals surface area contributed by atoms with Crippen LogP contribution in [0.5, 0.6) is 0 Å². The van der Waals surface area contributed by atoms with Crippen LogP contribution in [0.25, 0.3) is 0 Å². The zero-order valence-corrected chi connectivity index (χ0v) is 11.9. The lowest BCUT2D eigenvalue weighted by Gasteiger charge is -2.34. The number of nitrogens with one attached hydrogen (secondary N) is 1. The van der Waals surface area contributed by atoms with Crippen molar-refractivity contribution in [1.82, 2.24) is 15.2 Å². The molecule has 0 radical (unpaired) electrons. The second-order valence-electron chi connectivity index (χ2n) is 5.14. The van der Waals surface area contributed by atoms with Crippen molar-refractivity contribution in [2.45, 2.75) is 39.2 Å². The van der Waals surface area contributed by atoms with Gasteiger partial charge in [-0.15, -0.1) is 0 Å². The number of aromatic nitrogens is 1. The van der Waals surface area contributed by atoms with Crippen molar-refractivity contribution >= 4 is 5.91 Å². The lowest BCUT2D eigenvalue weighted by atomic mass is 10.0. The average Bonchev–Trinajstić information content (AvgIpc) is 2.45. The molecule has 1 saturated heterocycles. The lowest BCUT2D eigenvalue weighted by molar-refractivity contribution is 0.0636. The SMILES string of the molecule is CCCN(C(=O)c1cccc(C)n1)C1CCNCC1. The van der Waals surface area contributed by atoms with Crippen molar-refractivity contribution in [2.24, 2.45) is 0 Å². The molecule has 2 heterocycles. The molecule has 104 valence electrons. The van der Waals surface area contributed by atoms with E-state index in [1.807, 2.05) is 30.0 Å². The summed E-state index contributed by atoms with van der Waals surface area (Å²) >= 11 is 0. The molecule has 1 fully saturated rings. The maximum Gasteiger partial charge on any atom is 0.272 e. The second-order valence-corrected chi connectivity index (χ2v) is 5.14. The molecule has 1 aromatic heterocycles. The van der Waals surface area contributed by atoms with Crippen LogP contribution in [-0.2, 0) is 0 Å². The van der Waals surface area contributed by atoms with Gasteiger partial charge in [-0.2, -0.15) is 0 Å². The molecule has 0 bridgehead atoms. The number of carbonyl (C=O) groups is 1. The highest BCUT2D eigenvalue weighted by molar-refractivity contribution is 5.92. The van der Waals surface area contributed by atoms with Gasteiger partial charge in [0.05, 0.1) is 0 Å². The third-order valence-corrected chi connectivity index (χ3v) is 3.58. The standard InChI is InChI=1S/C15H23N3O/c1-3-11-18(13-7-9-16-10-8-13)15(19)14-6-4-5-12(2)17-14/h4-6,13,16H,3,7-11H2,1-2H3. The predicted molar refractivity (Wildman–Crippen MR) is 76.2 cm³/mol. The molecule has 0 saturated carbocycles. The zero-order chi connectivity index (χ0) is 13.7. The third kappa shape index (κ3) is 3.53. The Labute approximate surface area is 115 Å². The number of carbonyl (C=O) groups excluding carboxylic acids is 1. The predicted octanol–water partition coefficient (Wildman–Crippen LogP) is 1.99. The van der Waals surface area contributed by atoms with E-state index >= 15 is 0 Å². The van der Waals surface area contributed by atoms with Gasteiger partial charge in [-0.3, -0.25) is 4.79 Å². The fourth-order valence-electron chi connectivity index (χ4n) is 2.62. The van der Waals surface area contributed by atoms with Crippen LogP contribution >= 0.6 is 0 Å². The molecule has 4 nitrogen and oxygen atoms in total. The van der Waals surface area contributed by atoms with Crippen LogP contribution in [0, 0.1) is 6.92 Å². The minimum absolute atomic E-state index is 0.0810. The summed E-state index contributed by atoms with van der Waals surface area (Å²) in [6.07, 6.45) is 3.07. The summed E-state index contributed by atoms with van der Waals surface area (Å²) in [5.74, 6) is 0.0810. The van der Waals surface area contributed by atoms with Gasteiger partial charge in [0, 0.05) is 18.3 Å². The quantitative estimate of drug-likeness (QED) is 0.901. The topological polar surface area (TPSA) is 45.2 Å². The molecule has 2 rings (SSSR count). The fraction of sp³-hybridized carbons (Fsp3) is 0.600. The molecule has 1 aromatic rings. The summed E-state index contributed by atoms with van der Waals surface area (Å²) < 4.78 is 0. The van der Waals surface area contributed by atoms with Crippen molar-refractivity contribution in [1.29, 1.82) is 0 Å². The van der Waals surface area contributed by atoms with Crippen LogP contribution in [0.1, 0.15) is 42.4 Å². The van der Waals surface area contributed by atoms with Crippen LogP contribution in [0.3, 0.4) is 0 Å². The first kappa shape index (κ1) is 14.0. The van der Waals surface area contributed by atoms with Gasteiger partial charge in [-0.1, -0.05) is 13.0 Å². The number of amides is 1. The molecular weight excluding hydrogens is 238 g/mol. The molecule has 1 amide bonds. The Hall–Kier alpha value is -1.42. The Bertz CT molecular complexity index is 427. The highest BCUT2D eigenvalue weighted by atomic mass is 16.2. The van der Waals surface area contributed by atoms with Crippen molar-refractivity contribution in [3.05, 3.63) is 29.6 Å². The van der Waals surface area contributed by atoms with Gasteiger partial charge in [0.1, 0.15) is 5.69 Å². The Balaban J connectivity index is 2.15. The molecule has 0 aromatic carbocycles. The van der Waals surface area contributed by atoms with E-state index in [-0.39, 0.29) is 5.91 Å². The molecule has 4 heteroatoms. The van der Waals surface area contributed by atoms with Crippen LogP contribution in [0.4, 0.5) is 0 Å². The fourth-order valence-corrected chi connectivity index (χ4v) is 2.62. The molecule has 19 heavy (non-hydrogen) atoms. The van der Waals surface area contributed by atoms with Crippen molar-refractivity contribution in [3.8, 4) is 0 Å². The number of rotatable bonds is 4. The Morgan fingerprint density at radius 3 is 2.79 bits per heavy atom. The van der Waals surface area contributed by atoms with Gasteiger partial charge in [0.25, 0.3) is 5.91 Å². The summed E-state index contributed by atoms with van der Waals surface area (Å²) in [6.45, 7) is 6.86. The van der Waals surface area contributed by atoms with E-state index in [2.05, 4.69) is 17.2 Å². The largest absolute Gasteiger partial charge is 0.334 e. The van der Waals surface area contributed by atoms with E-state index in [0.717, 1.165) is 44.6 Å². The number of nitrogens with zero attached hydrogens (tertiary/aromatic N) is 2. The van der Waals surface area contributed by atoms with E-state index < -0.39 is 0 Å². The van der Waals surface area contributed by atoms with E-state index in [9.17, 15) is 4.79 Å². The molecule has 1 N–H and O–H groups in total. The van der Waals surface area contributed by atoms with Crippen molar-refractivity contribution in [3.63, 3.8) is 0 Å². The molecular formula is C15H23N3O. The average molecular weight is 261 g/mol. The first-order chi connectivity index (χ1) is 9.22.